The first-order valence-corrected chi connectivity index (χ1v) is 8.73. The Hall–Kier alpha value is -3.03. The van der Waals surface area contributed by atoms with Gasteiger partial charge >= 0.3 is 6.18 Å². The van der Waals surface area contributed by atoms with Crippen molar-refractivity contribution in [2.75, 3.05) is 19.7 Å². The van der Waals surface area contributed by atoms with Crippen molar-refractivity contribution < 1.29 is 27.5 Å². The Morgan fingerprint density at radius 1 is 0.929 bits per heavy atom. The second kappa shape index (κ2) is 9.77. The summed E-state index contributed by atoms with van der Waals surface area (Å²) >= 11 is 0. The summed E-state index contributed by atoms with van der Waals surface area (Å²) in [6, 6.07) is 11.3. The van der Waals surface area contributed by atoms with E-state index >= 15 is 0 Å². The number of benzene rings is 2. The average molecular weight is 394 g/mol. The number of carbonyl (C=O) groups excluding carboxylic acids is 2. The monoisotopic (exact) mass is 394 g/mol. The highest BCUT2D eigenvalue weighted by Gasteiger charge is 2.30. The molecule has 0 spiro atoms. The molecule has 0 saturated carbocycles. The van der Waals surface area contributed by atoms with E-state index in [4.69, 9.17) is 4.74 Å². The molecule has 0 radical (unpaired) electrons. The van der Waals surface area contributed by atoms with Crippen molar-refractivity contribution in [3.8, 4) is 5.75 Å². The van der Waals surface area contributed by atoms with E-state index in [0.29, 0.717) is 5.75 Å². The van der Waals surface area contributed by atoms with Crippen molar-refractivity contribution >= 4 is 11.8 Å². The lowest BCUT2D eigenvalue weighted by molar-refractivity contribution is -0.137. The highest BCUT2D eigenvalue weighted by atomic mass is 19.4. The van der Waals surface area contributed by atoms with Crippen LogP contribution in [-0.2, 0) is 17.4 Å². The predicted molar refractivity (Wildman–Crippen MR) is 98.1 cm³/mol. The maximum absolute atomic E-state index is 12.5. The van der Waals surface area contributed by atoms with Gasteiger partial charge < -0.3 is 15.4 Å². The zero-order valence-corrected chi connectivity index (χ0v) is 15.3. The summed E-state index contributed by atoms with van der Waals surface area (Å²) in [7, 11) is 0. The molecular formula is C20H21F3N2O3. The first-order chi connectivity index (χ1) is 13.3. The summed E-state index contributed by atoms with van der Waals surface area (Å²) in [4.78, 5) is 23.6. The summed E-state index contributed by atoms with van der Waals surface area (Å²) in [5.74, 6) is -0.276. The number of hydrogen-bond acceptors (Lipinski definition) is 3. The number of nitrogens with one attached hydrogen (secondary N) is 2. The zero-order valence-electron chi connectivity index (χ0n) is 15.3. The van der Waals surface area contributed by atoms with E-state index in [-0.39, 0.29) is 31.2 Å². The molecule has 0 aliphatic carbocycles. The van der Waals surface area contributed by atoms with Gasteiger partial charge in [-0.15, -0.1) is 0 Å². The molecule has 0 fully saturated rings. The number of alkyl halides is 3. The van der Waals surface area contributed by atoms with Crippen LogP contribution in [0.15, 0.2) is 48.5 Å². The second-order valence-corrected chi connectivity index (χ2v) is 5.97. The van der Waals surface area contributed by atoms with Crippen LogP contribution >= 0.6 is 0 Å². The lowest BCUT2D eigenvalue weighted by Crippen LogP contribution is -2.36. The highest BCUT2D eigenvalue weighted by molar-refractivity contribution is 5.94. The zero-order chi connectivity index (χ0) is 20.6. The van der Waals surface area contributed by atoms with E-state index in [0.717, 1.165) is 30.7 Å². The summed E-state index contributed by atoms with van der Waals surface area (Å²) in [5.41, 5.74) is 0.458. The van der Waals surface area contributed by atoms with Gasteiger partial charge in [-0.1, -0.05) is 19.1 Å². The molecule has 2 rings (SSSR count). The molecule has 2 amide bonds. The molecule has 2 aromatic rings. The van der Waals surface area contributed by atoms with Crippen LogP contribution in [0.1, 0.15) is 28.4 Å². The van der Waals surface area contributed by atoms with E-state index < -0.39 is 17.6 Å². The number of amides is 2. The van der Waals surface area contributed by atoms with Crippen molar-refractivity contribution in [1.82, 2.24) is 10.6 Å². The number of ether oxygens (including phenoxy) is 1. The number of carbonyl (C=O) groups is 2. The molecule has 2 aromatic carbocycles. The summed E-state index contributed by atoms with van der Waals surface area (Å²) in [5, 5.41) is 5.11. The minimum absolute atomic E-state index is 0.109. The maximum atomic E-state index is 12.5. The van der Waals surface area contributed by atoms with Gasteiger partial charge in [0.1, 0.15) is 5.75 Å². The van der Waals surface area contributed by atoms with Crippen LogP contribution in [-0.4, -0.2) is 31.5 Å². The lowest BCUT2D eigenvalue weighted by atomic mass is 10.1. The Kier molecular flexibility index (Phi) is 7.43. The van der Waals surface area contributed by atoms with Gasteiger partial charge in [0.25, 0.3) is 11.8 Å². The van der Waals surface area contributed by atoms with Crippen LogP contribution in [0.5, 0.6) is 5.75 Å². The van der Waals surface area contributed by atoms with Crippen molar-refractivity contribution in [2.24, 2.45) is 0 Å². The van der Waals surface area contributed by atoms with Crippen molar-refractivity contribution in [1.29, 1.82) is 0 Å². The average Bonchev–Trinajstić information content (AvgIpc) is 2.69. The fraction of sp³-hybridized carbons (Fsp3) is 0.300. The number of aryl methyl sites for hydroxylation is 1. The smallest absolute Gasteiger partial charge is 0.416 e. The molecule has 2 N–H and O–H groups in total. The standard InChI is InChI=1S/C20H21F3N2O3/c1-2-14-3-9-17(10-4-14)28-13-18(26)24-11-12-25-19(27)15-5-7-16(8-6-15)20(21,22)23/h3-10H,2,11-13H2,1H3,(H,24,26)(H,25,27). The molecular weight excluding hydrogens is 373 g/mol. The minimum Gasteiger partial charge on any atom is -0.484 e. The summed E-state index contributed by atoms with van der Waals surface area (Å²) in [6.45, 7) is 2.19. The fourth-order valence-electron chi connectivity index (χ4n) is 2.31. The molecule has 0 heterocycles. The molecule has 0 unspecified atom stereocenters. The van der Waals surface area contributed by atoms with Crippen molar-refractivity contribution in [3.63, 3.8) is 0 Å². The molecule has 150 valence electrons. The van der Waals surface area contributed by atoms with E-state index in [2.05, 4.69) is 10.6 Å². The Morgan fingerprint density at radius 3 is 2.11 bits per heavy atom. The molecule has 8 heteroatoms. The normalized spacial score (nSPS) is 11.0. The molecule has 0 aliphatic rings. The van der Waals surface area contributed by atoms with Crippen LogP contribution in [0.2, 0.25) is 0 Å². The Labute approximate surface area is 160 Å². The summed E-state index contributed by atoms with van der Waals surface area (Å²) < 4.78 is 42.9. The van der Waals surface area contributed by atoms with E-state index in [9.17, 15) is 22.8 Å². The Bertz CT molecular complexity index is 788. The predicted octanol–water partition coefficient (Wildman–Crippen LogP) is 3.19. The highest BCUT2D eigenvalue weighted by Crippen LogP contribution is 2.29. The first kappa shape index (κ1) is 21.3. The molecule has 0 aliphatic heterocycles. The van der Waals surface area contributed by atoms with Crippen LogP contribution in [0.25, 0.3) is 0 Å². The molecule has 5 nitrogen and oxygen atoms in total. The van der Waals surface area contributed by atoms with Gasteiger partial charge in [-0.2, -0.15) is 13.2 Å². The third-order valence-corrected chi connectivity index (χ3v) is 3.91. The maximum Gasteiger partial charge on any atom is 0.416 e. The number of halogens is 3. The first-order valence-electron chi connectivity index (χ1n) is 8.73. The molecule has 0 saturated heterocycles. The number of hydrogen-bond donors (Lipinski definition) is 2. The van der Waals surface area contributed by atoms with Gasteiger partial charge in [-0.25, -0.2) is 0 Å². The van der Waals surface area contributed by atoms with Crippen LogP contribution in [0.4, 0.5) is 13.2 Å². The van der Waals surface area contributed by atoms with Crippen molar-refractivity contribution in [3.05, 3.63) is 65.2 Å². The Morgan fingerprint density at radius 2 is 1.54 bits per heavy atom. The SMILES string of the molecule is CCc1ccc(OCC(=O)NCCNC(=O)c2ccc(C(F)(F)F)cc2)cc1. The van der Waals surface area contributed by atoms with Crippen LogP contribution < -0.4 is 15.4 Å². The van der Waals surface area contributed by atoms with E-state index in [1.54, 1.807) is 12.1 Å². The largest absolute Gasteiger partial charge is 0.484 e. The topological polar surface area (TPSA) is 67.4 Å². The molecule has 28 heavy (non-hydrogen) atoms. The molecule has 0 aromatic heterocycles. The van der Waals surface area contributed by atoms with Gasteiger partial charge in [0.15, 0.2) is 6.61 Å². The lowest BCUT2D eigenvalue weighted by Gasteiger charge is -2.10. The van der Waals surface area contributed by atoms with Crippen LogP contribution in [0.3, 0.4) is 0 Å². The van der Waals surface area contributed by atoms with Gasteiger partial charge in [-0.05, 0) is 48.4 Å². The van der Waals surface area contributed by atoms with E-state index in [1.165, 1.54) is 5.56 Å². The van der Waals surface area contributed by atoms with Crippen molar-refractivity contribution in [2.45, 2.75) is 19.5 Å². The summed E-state index contributed by atoms with van der Waals surface area (Å²) in [6.07, 6.45) is -3.53. The minimum atomic E-state index is -4.45. The third-order valence-electron chi connectivity index (χ3n) is 3.91. The third kappa shape index (κ3) is 6.61. The fourth-order valence-corrected chi connectivity index (χ4v) is 2.31. The van der Waals surface area contributed by atoms with Gasteiger partial charge in [0.05, 0.1) is 5.56 Å². The molecule has 0 atom stereocenters. The second-order valence-electron chi connectivity index (χ2n) is 5.97. The van der Waals surface area contributed by atoms with E-state index in [1.807, 2.05) is 19.1 Å². The van der Waals surface area contributed by atoms with Gasteiger partial charge in [-0.3, -0.25) is 9.59 Å². The molecule has 0 bridgehead atoms. The number of rotatable bonds is 8. The Balaban J connectivity index is 1.67. The van der Waals surface area contributed by atoms with Gasteiger partial charge in [0.2, 0.25) is 0 Å². The quantitative estimate of drug-likeness (QED) is 0.676. The van der Waals surface area contributed by atoms with Gasteiger partial charge in [0, 0.05) is 18.7 Å². The van der Waals surface area contributed by atoms with Crippen LogP contribution in [0, 0.1) is 0 Å².